The molecule has 0 aliphatic heterocycles. The van der Waals surface area contributed by atoms with Crippen molar-refractivity contribution in [2.75, 3.05) is 27.4 Å². The Kier molecular flexibility index (Phi) is 5.52. The standard InChI is InChI=1S/C13H18O4/c1-16-12-4-3-10(8-13(12)17-2)7-11(9-15)5-6-14/h3-4,7-8,14-15H,5-6,9H2,1-2H3/b11-7+. The second-order valence-electron chi connectivity index (χ2n) is 3.55. The molecule has 0 unspecified atom stereocenters. The van der Waals surface area contributed by atoms with Gasteiger partial charge in [0.15, 0.2) is 11.5 Å². The zero-order valence-electron chi connectivity index (χ0n) is 10.1. The fourth-order valence-corrected chi connectivity index (χ4v) is 1.52. The number of aliphatic hydroxyl groups is 2. The lowest BCUT2D eigenvalue weighted by atomic mass is 10.1. The zero-order valence-corrected chi connectivity index (χ0v) is 10.1. The molecule has 0 bridgehead atoms. The molecule has 0 radical (unpaired) electrons. The van der Waals surface area contributed by atoms with Gasteiger partial charge < -0.3 is 19.7 Å². The minimum absolute atomic E-state index is 0.0275. The molecule has 1 rings (SSSR count). The highest BCUT2D eigenvalue weighted by Gasteiger charge is 2.04. The van der Waals surface area contributed by atoms with Crippen molar-refractivity contribution in [3.8, 4) is 11.5 Å². The highest BCUT2D eigenvalue weighted by atomic mass is 16.5. The van der Waals surface area contributed by atoms with Crippen molar-refractivity contribution in [2.45, 2.75) is 6.42 Å². The quantitative estimate of drug-likeness (QED) is 0.787. The molecule has 94 valence electrons. The third-order valence-corrected chi connectivity index (χ3v) is 2.41. The average Bonchev–Trinajstić information content (AvgIpc) is 2.38. The summed E-state index contributed by atoms with van der Waals surface area (Å²) in [5.74, 6) is 1.31. The maximum Gasteiger partial charge on any atom is 0.161 e. The van der Waals surface area contributed by atoms with E-state index in [1.165, 1.54) is 0 Å². The topological polar surface area (TPSA) is 58.9 Å². The summed E-state index contributed by atoms with van der Waals surface area (Å²) in [5.41, 5.74) is 1.68. The lowest BCUT2D eigenvalue weighted by Gasteiger charge is -2.08. The van der Waals surface area contributed by atoms with Crippen LogP contribution in [0.5, 0.6) is 11.5 Å². The van der Waals surface area contributed by atoms with Crippen LogP contribution in [0.25, 0.3) is 6.08 Å². The van der Waals surface area contributed by atoms with Crippen LogP contribution in [0, 0.1) is 0 Å². The molecule has 0 amide bonds. The van der Waals surface area contributed by atoms with Crippen molar-refractivity contribution in [2.24, 2.45) is 0 Å². The maximum atomic E-state index is 9.11. The van der Waals surface area contributed by atoms with E-state index in [9.17, 15) is 0 Å². The lowest BCUT2D eigenvalue weighted by Crippen LogP contribution is -1.95. The highest BCUT2D eigenvalue weighted by Crippen LogP contribution is 2.28. The van der Waals surface area contributed by atoms with Crippen LogP contribution in [0.1, 0.15) is 12.0 Å². The molecule has 2 N–H and O–H groups in total. The van der Waals surface area contributed by atoms with Gasteiger partial charge in [0.05, 0.1) is 20.8 Å². The number of hydrogen-bond donors (Lipinski definition) is 2. The van der Waals surface area contributed by atoms with Gasteiger partial charge in [0.2, 0.25) is 0 Å². The summed E-state index contributed by atoms with van der Waals surface area (Å²) in [6.45, 7) is -0.0331. The van der Waals surface area contributed by atoms with Crippen molar-refractivity contribution >= 4 is 6.08 Å². The summed E-state index contributed by atoms with van der Waals surface area (Å²) < 4.78 is 10.3. The van der Waals surface area contributed by atoms with Gasteiger partial charge in [-0.1, -0.05) is 12.1 Å². The van der Waals surface area contributed by atoms with Crippen molar-refractivity contribution in [3.05, 3.63) is 29.3 Å². The van der Waals surface area contributed by atoms with Crippen LogP contribution in [0.3, 0.4) is 0 Å². The Hall–Kier alpha value is -1.52. The first-order valence-electron chi connectivity index (χ1n) is 5.38. The molecule has 1 aromatic carbocycles. The Morgan fingerprint density at radius 1 is 1.18 bits per heavy atom. The van der Waals surface area contributed by atoms with Crippen LogP contribution >= 0.6 is 0 Å². The molecule has 0 spiro atoms. The summed E-state index contributed by atoms with van der Waals surface area (Å²) in [6, 6.07) is 5.50. The fourth-order valence-electron chi connectivity index (χ4n) is 1.52. The Bertz CT molecular complexity index is 385. The SMILES string of the molecule is COc1ccc(/C=C(/CO)CCO)cc1OC. The van der Waals surface area contributed by atoms with Gasteiger partial charge in [0, 0.05) is 6.61 Å². The molecular weight excluding hydrogens is 220 g/mol. The number of rotatable bonds is 6. The summed E-state index contributed by atoms with van der Waals surface area (Å²) in [6.07, 6.45) is 2.29. The van der Waals surface area contributed by atoms with Crippen LogP contribution in [0.4, 0.5) is 0 Å². The minimum Gasteiger partial charge on any atom is -0.493 e. The van der Waals surface area contributed by atoms with Gasteiger partial charge in [0.25, 0.3) is 0 Å². The summed E-state index contributed by atoms with van der Waals surface area (Å²) in [4.78, 5) is 0. The number of benzene rings is 1. The molecule has 17 heavy (non-hydrogen) atoms. The third-order valence-electron chi connectivity index (χ3n) is 2.41. The Balaban J connectivity index is 2.98. The van der Waals surface area contributed by atoms with E-state index in [0.29, 0.717) is 17.9 Å². The molecule has 0 heterocycles. The van der Waals surface area contributed by atoms with Crippen molar-refractivity contribution < 1.29 is 19.7 Å². The normalized spacial score (nSPS) is 11.4. The fraction of sp³-hybridized carbons (Fsp3) is 0.385. The second-order valence-corrected chi connectivity index (χ2v) is 3.55. The zero-order chi connectivity index (χ0) is 12.7. The van der Waals surface area contributed by atoms with E-state index < -0.39 is 0 Å². The van der Waals surface area contributed by atoms with Crippen LogP contribution < -0.4 is 9.47 Å². The van der Waals surface area contributed by atoms with Gasteiger partial charge in [-0.3, -0.25) is 0 Å². The van der Waals surface area contributed by atoms with E-state index in [1.807, 2.05) is 18.2 Å². The Morgan fingerprint density at radius 2 is 1.88 bits per heavy atom. The van der Waals surface area contributed by atoms with Crippen LogP contribution in [-0.4, -0.2) is 37.6 Å². The van der Waals surface area contributed by atoms with Gasteiger partial charge in [-0.15, -0.1) is 0 Å². The van der Waals surface area contributed by atoms with E-state index in [0.717, 1.165) is 11.1 Å². The van der Waals surface area contributed by atoms with Gasteiger partial charge in [0.1, 0.15) is 0 Å². The first-order valence-corrected chi connectivity index (χ1v) is 5.38. The van der Waals surface area contributed by atoms with E-state index in [1.54, 1.807) is 20.3 Å². The van der Waals surface area contributed by atoms with Gasteiger partial charge >= 0.3 is 0 Å². The molecule has 0 saturated carbocycles. The number of ether oxygens (including phenoxy) is 2. The molecule has 0 aliphatic rings. The van der Waals surface area contributed by atoms with Crippen molar-refractivity contribution in [1.82, 2.24) is 0 Å². The number of methoxy groups -OCH3 is 2. The van der Waals surface area contributed by atoms with E-state index >= 15 is 0 Å². The maximum absolute atomic E-state index is 9.11. The van der Waals surface area contributed by atoms with Gasteiger partial charge in [-0.2, -0.15) is 0 Å². The molecular formula is C13H18O4. The van der Waals surface area contributed by atoms with Crippen molar-refractivity contribution in [1.29, 1.82) is 0 Å². The average molecular weight is 238 g/mol. The molecule has 1 aromatic rings. The van der Waals surface area contributed by atoms with Crippen LogP contribution in [0.15, 0.2) is 23.8 Å². The largest absolute Gasteiger partial charge is 0.493 e. The van der Waals surface area contributed by atoms with Crippen molar-refractivity contribution in [3.63, 3.8) is 0 Å². The highest BCUT2D eigenvalue weighted by molar-refractivity contribution is 5.58. The molecule has 0 fully saturated rings. The van der Waals surface area contributed by atoms with Crippen LogP contribution in [0.2, 0.25) is 0 Å². The minimum atomic E-state index is -0.0606. The monoisotopic (exact) mass is 238 g/mol. The summed E-state index contributed by atoms with van der Waals surface area (Å²) in [5, 5.41) is 17.9. The molecule has 0 saturated heterocycles. The predicted octanol–water partition coefficient (Wildman–Crippen LogP) is 1.46. The van der Waals surface area contributed by atoms with E-state index in [2.05, 4.69) is 0 Å². The second kappa shape index (κ2) is 6.93. The Labute approximate surface area is 101 Å². The molecule has 0 atom stereocenters. The first kappa shape index (κ1) is 13.5. The third kappa shape index (κ3) is 3.76. The van der Waals surface area contributed by atoms with E-state index in [-0.39, 0.29) is 13.2 Å². The Morgan fingerprint density at radius 3 is 2.41 bits per heavy atom. The smallest absolute Gasteiger partial charge is 0.161 e. The van der Waals surface area contributed by atoms with E-state index in [4.69, 9.17) is 19.7 Å². The number of hydrogen-bond acceptors (Lipinski definition) is 4. The van der Waals surface area contributed by atoms with Gasteiger partial charge in [-0.05, 0) is 29.7 Å². The number of aliphatic hydroxyl groups excluding tert-OH is 2. The first-order chi connectivity index (χ1) is 8.24. The summed E-state index contributed by atoms with van der Waals surface area (Å²) in [7, 11) is 3.16. The molecule has 0 aromatic heterocycles. The molecule has 4 nitrogen and oxygen atoms in total. The lowest BCUT2D eigenvalue weighted by molar-refractivity contribution is 0.279. The van der Waals surface area contributed by atoms with Crippen LogP contribution in [-0.2, 0) is 0 Å². The van der Waals surface area contributed by atoms with Gasteiger partial charge in [-0.25, -0.2) is 0 Å². The molecule has 4 heteroatoms. The summed E-state index contributed by atoms with van der Waals surface area (Å²) >= 11 is 0. The predicted molar refractivity (Wildman–Crippen MR) is 66.3 cm³/mol. The molecule has 0 aliphatic carbocycles.